The molecule has 0 heterocycles. The highest BCUT2D eigenvalue weighted by Crippen LogP contribution is 2.36. The van der Waals surface area contributed by atoms with Crippen LogP contribution in [0.4, 0.5) is 16.2 Å². The first-order valence-electron chi connectivity index (χ1n) is 10.9. The lowest BCUT2D eigenvalue weighted by Crippen LogP contribution is -2.46. The van der Waals surface area contributed by atoms with Gasteiger partial charge in [-0.1, -0.05) is 38.1 Å². The second kappa shape index (κ2) is 9.86. The summed E-state index contributed by atoms with van der Waals surface area (Å²) in [5.74, 6) is -0.226. The minimum Gasteiger partial charge on any atom is -0.495 e. The molecule has 2 amide bonds. The van der Waals surface area contributed by atoms with Crippen LogP contribution in [0.2, 0.25) is 0 Å². The Morgan fingerprint density at radius 3 is 2.39 bits per heavy atom. The maximum Gasteiger partial charge on any atom is 0.326 e. The van der Waals surface area contributed by atoms with Gasteiger partial charge in [0.15, 0.2) is 0 Å². The summed E-state index contributed by atoms with van der Waals surface area (Å²) in [5.41, 5.74) is 3.63. The average molecular weight is 425 g/mol. The number of amides is 2. The van der Waals surface area contributed by atoms with Gasteiger partial charge in [0.05, 0.1) is 18.7 Å². The van der Waals surface area contributed by atoms with Gasteiger partial charge in [-0.15, -0.1) is 0 Å². The second-order valence-electron chi connectivity index (χ2n) is 8.56. The molecule has 6 nitrogen and oxygen atoms in total. The van der Waals surface area contributed by atoms with Crippen molar-refractivity contribution in [2.45, 2.75) is 58.4 Å². The number of carbonyl (C=O) groups excluding carboxylic acids is 1. The van der Waals surface area contributed by atoms with Gasteiger partial charge in [0, 0.05) is 11.7 Å². The van der Waals surface area contributed by atoms with Gasteiger partial charge in [-0.2, -0.15) is 0 Å². The third-order valence-electron chi connectivity index (χ3n) is 6.05. The van der Waals surface area contributed by atoms with Crippen LogP contribution < -0.4 is 15.0 Å². The molecule has 0 atom stereocenters. The molecule has 1 fully saturated rings. The van der Waals surface area contributed by atoms with Crippen molar-refractivity contribution in [1.82, 2.24) is 0 Å². The molecule has 3 rings (SSSR count). The molecule has 1 saturated carbocycles. The first kappa shape index (κ1) is 22.7. The number of anilines is 2. The smallest absolute Gasteiger partial charge is 0.326 e. The van der Waals surface area contributed by atoms with E-state index in [9.17, 15) is 14.7 Å². The van der Waals surface area contributed by atoms with Crippen LogP contribution >= 0.6 is 0 Å². The Bertz CT molecular complexity index is 933. The maximum absolute atomic E-state index is 13.6. The van der Waals surface area contributed by atoms with Crippen molar-refractivity contribution >= 4 is 23.4 Å². The van der Waals surface area contributed by atoms with Crippen molar-refractivity contribution in [2.24, 2.45) is 5.92 Å². The molecule has 0 bridgehead atoms. The van der Waals surface area contributed by atoms with Crippen molar-refractivity contribution in [3.63, 3.8) is 0 Å². The summed E-state index contributed by atoms with van der Waals surface area (Å²) in [6.07, 6.45) is 2.45. The van der Waals surface area contributed by atoms with Crippen molar-refractivity contribution in [1.29, 1.82) is 0 Å². The molecule has 0 unspecified atom stereocenters. The van der Waals surface area contributed by atoms with Crippen molar-refractivity contribution in [3.8, 4) is 5.75 Å². The summed E-state index contributed by atoms with van der Waals surface area (Å²) in [4.78, 5) is 26.8. The number of urea groups is 1. The molecular weight excluding hydrogens is 392 g/mol. The number of hydrogen-bond donors (Lipinski definition) is 2. The van der Waals surface area contributed by atoms with Gasteiger partial charge in [0.1, 0.15) is 5.75 Å². The Labute approximate surface area is 184 Å². The molecule has 6 heteroatoms. The van der Waals surface area contributed by atoms with E-state index in [0.717, 1.165) is 16.8 Å². The van der Waals surface area contributed by atoms with E-state index in [4.69, 9.17) is 4.74 Å². The predicted octanol–water partition coefficient (Wildman–Crippen LogP) is 5.81. The van der Waals surface area contributed by atoms with E-state index >= 15 is 0 Å². The predicted molar refractivity (Wildman–Crippen MR) is 123 cm³/mol. The molecule has 166 valence electrons. The van der Waals surface area contributed by atoms with Crippen molar-refractivity contribution < 1.29 is 19.4 Å². The van der Waals surface area contributed by atoms with Crippen LogP contribution in [0.3, 0.4) is 0 Å². The highest BCUT2D eigenvalue weighted by Gasteiger charge is 2.33. The number of benzene rings is 2. The second-order valence-corrected chi connectivity index (χ2v) is 8.56. The molecule has 1 aliphatic rings. The number of ether oxygens (including phenoxy) is 1. The Kier molecular flexibility index (Phi) is 7.21. The Morgan fingerprint density at radius 1 is 1.10 bits per heavy atom. The zero-order valence-electron chi connectivity index (χ0n) is 18.7. The number of methoxy groups -OCH3 is 1. The Morgan fingerprint density at radius 2 is 1.77 bits per heavy atom. The maximum atomic E-state index is 13.6. The summed E-state index contributed by atoms with van der Waals surface area (Å²) in [6, 6.07) is 13.3. The number of carbonyl (C=O) groups is 2. The molecular formula is C25H32N2O4. The molecule has 2 aromatic carbocycles. The highest BCUT2D eigenvalue weighted by molar-refractivity contribution is 6.03. The lowest BCUT2D eigenvalue weighted by Gasteiger charge is -2.37. The summed E-state index contributed by atoms with van der Waals surface area (Å²) < 4.78 is 5.46. The number of aliphatic carboxylic acids is 1. The SMILES string of the molecule is COc1cc(C)ccc1NC(=O)N(c1ccccc1C(C)C)C1CCC(C(=O)O)CC1. The van der Waals surface area contributed by atoms with Gasteiger partial charge in [-0.05, 0) is 67.9 Å². The van der Waals surface area contributed by atoms with Crippen LogP contribution in [0.1, 0.15) is 56.6 Å². The molecule has 2 aromatic rings. The average Bonchev–Trinajstić information content (AvgIpc) is 2.75. The van der Waals surface area contributed by atoms with Crippen LogP contribution in [0.15, 0.2) is 42.5 Å². The van der Waals surface area contributed by atoms with Gasteiger partial charge in [0.25, 0.3) is 0 Å². The zero-order chi connectivity index (χ0) is 22.5. The van der Waals surface area contributed by atoms with E-state index < -0.39 is 5.97 Å². The van der Waals surface area contributed by atoms with Gasteiger partial charge in [-0.3, -0.25) is 9.69 Å². The van der Waals surface area contributed by atoms with E-state index in [2.05, 4.69) is 25.2 Å². The van der Waals surface area contributed by atoms with E-state index in [1.165, 1.54) is 0 Å². The summed E-state index contributed by atoms with van der Waals surface area (Å²) >= 11 is 0. The number of hydrogen-bond acceptors (Lipinski definition) is 3. The van der Waals surface area contributed by atoms with Crippen LogP contribution in [-0.4, -0.2) is 30.3 Å². The summed E-state index contributed by atoms with van der Waals surface area (Å²) in [5, 5.41) is 12.4. The van der Waals surface area contributed by atoms with Crippen LogP contribution in [0.25, 0.3) is 0 Å². The third-order valence-corrected chi connectivity index (χ3v) is 6.05. The summed E-state index contributed by atoms with van der Waals surface area (Å²) in [7, 11) is 1.59. The lowest BCUT2D eigenvalue weighted by atomic mass is 9.85. The van der Waals surface area contributed by atoms with Gasteiger partial charge >= 0.3 is 12.0 Å². The Balaban J connectivity index is 1.95. The van der Waals surface area contributed by atoms with E-state index in [0.29, 0.717) is 37.1 Å². The van der Waals surface area contributed by atoms with Gasteiger partial charge in [0.2, 0.25) is 0 Å². The lowest BCUT2D eigenvalue weighted by molar-refractivity contribution is -0.142. The highest BCUT2D eigenvalue weighted by atomic mass is 16.5. The molecule has 31 heavy (non-hydrogen) atoms. The van der Waals surface area contributed by atoms with Gasteiger partial charge < -0.3 is 15.2 Å². The number of rotatable bonds is 6. The van der Waals surface area contributed by atoms with Crippen molar-refractivity contribution in [3.05, 3.63) is 53.6 Å². The molecule has 0 aromatic heterocycles. The Hall–Kier alpha value is -3.02. The molecule has 2 N–H and O–H groups in total. The zero-order valence-corrected chi connectivity index (χ0v) is 18.7. The number of carboxylic acid groups (broad SMARTS) is 1. The summed E-state index contributed by atoms with van der Waals surface area (Å²) in [6.45, 7) is 6.19. The number of carboxylic acids is 1. The van der Waals surface area contributed by atoms with Gasteiger partial charge in [-0.25, -0.2) is 4.79 Å². The largest absolute Gasteiger partial charge is 0.495 e. The molecule has 0 radical (unpaired) electrons. The fraction of sp³-hybridized carbons (Fsp3) is 0.440. The fourth-order valence-corrected chi connectivity index (χ4v) is 4.33. The van der Waals surface area contributed by atoms with Crippen molar-refractivity contribution in [2.75, 3.05) is 17.3 Å². The molecule has 0 aliphatic heterocycles. The van der Waals surface area contributed by atoms with Crippen LogP contribution in [0.5, 0.6) is 5.75 Å². The molecule has 1 aliphatic carbocycles. The minimum atomic E-state index is -0.749. The normalized spacial score (nSPS) is 18.5. The van der Waals surface area contributed by atoms with Crippen LogP contribution in [0, 0.1) is 12.8 Å². The number of aryl methyl sites for hydroxylation is 1. The standard InChI is InChI=1S/C25H32N2O4/c1-16(2)20-7-5-6-8-22(20)27(19-12-10-18(11-13-19)24(28)29)25(30)26-21-14-9-17(3)15-23(21)31-4/h5-9,14-16,18-19H,10-13H2,1-4H3,(H,26,30)(H,28,29). The quantitative estimate of drug-likeness (QED) is 0.613. The first-order valence-corrected chi connectivity index (χ1v) is 10.9. The first-order chi connectivity index (χ1) is 14.8. The number of nitrogens with zero attached hydrogens (tertiary/aromatic N) is 1. The monoisotopic (exact) mass is 424 g/mol. The number of nitrogens with one attached hydrogen (secondary N) is 1. The topological polar surface area (TPSA) is 78.9 Å². The van der Waals surface area contributed by atoms with E-state index in [-0.39, 0.29) is 23.9 Å². The molecule has 0 spiro atoms. The minimum absolute atomic E-state index is 0.0630. The number of para-hydroxylation sites is 1. The molecule has 0 saturated heterocycles. The fourth-order valence-electron chi connectivity index (χ4n) is 4.33. The third kappa shape index (κ3) is 5.19. The van der Waals surface area contributed by atoms with Crippen LogP contribution in [-0.2, 0) is 4.79 Å². The van der Waals surface area contributed by atoms with E-state index in [1.807, 2.05) is 48.2 Å². The van der Waals surface area contributed by atoms with E-state index in [1.54, 1.807) is 7.11 Å².